The summed E-state index contributed by atoms with van der Waals surface area (Å²) in [6, 6.07) is 0. The summed E-state index contributed by atoms with van der Waals surface area (Å²) in [5.74, 6) is -19.7. The zero-order valence-electron chi connectivity index (χ0n) is 9.60. The molecule has 0 rings (SSSR count). The van der Waals surface area contributed by atoms with Gasteiger partial charge in [0.15, 0.2) is 0 Å². The van der Waals surface area contributed by atoms with Crippen LogP contribution in [0.25, 0.3) is 0 Å². The quantitative estimate of drug-likeness (QED) is 0.611. The highest BCUT2D eigenvalue weighted by Gasteiger charge is 2.81. The first-order chi connectivity index (χ1) is 7.96. The number of alkyl halides is 9. The molecule has 0 nitrogen and oxygen atoms in total. The van der Waals surface area contributed by atoms with E-state index in [1.807, 2.05) is 0 Å². The molecule has 0 saturated heterocycles. The molecular weight excluding hydrogens is 335 g/mol. The van der Waals surface area contributed by atoms with Crippen LogP contribution < -0.4 is 0 Å². The minimum atomic E-state index is -6.82. The molecule has 0 spiro atoms. The molecule has 0 bridgehead atoms. The van der Waals surface area contributed by atoms with E-state index in [0.717, 1.165) is 0 Å². The van der Waals surface area contributed by atoms with E-state index in [9.17, 15) is 39.5 Å². The minimum Gasteiger partial charge on any atom is -0.200 e. The molecule has 118 valence electrons. The second-order valence-corrected chi connectivity index (χ2v) is 9.93. The molecule has 0 aliphatic rings. The molecular formula is C8H10ClF9S. The summed E-state index contributed by atoms with van der Waals surface area (Å²) in [6.07, 6.45) is -6.21. The maximum atomic E-state index is 13.0. The van der Waals surface area contributed by atoms with Crippen molar-refractivity contribution in [3.63, 3.8) is 0 Å². The smallest absolute Gasteiger partial charge is 0.200 e. The largest absolute Gasteiger partial charge is 0.460 e. The van der Waals surface area contributed by atoms with Gasteiger partial charge in [0, 0.05) is 6.42 Å². The molecule has 11 heteroatoms. The second-order valence-electron chi connectivity index (χ2n) is 4.21. The van der Waals surface area contributed by atoms with Crippen LogP contribution in [0, 0.1) is 0 Å². The summed E-state index contributed by atoms with van der Waals surface area (Å²) in [6.45, 7) is 0. The summed E-state index contributed by atoms with van der Waals surface area (Å²) >= 11 is 0. The molecule has 0 aromatic rings. The van der Waals surface area contributed by atoms with Gasteiger partial charge in [0.2, 0.25) is 0 Å². The molecule has 0 N–H and O–H groups in total. The van der Waals surface area contributed by atoms with Crippen LogP contribution in [0.3, 0.4) is 0 Å². The van der Waals surface area contributed by atoms with Crippen LogP contribution >= 0.6 is 19.9 Å². The van der Waals surface area contributed by atoms with Gasteiger partial charge in [-0.25, -0.2) is 0 Å². The topological polar surface area (TPSA) is 0 Å². The summed E-state index contributed by atoms with van der Waals surface area (Å²) in [4.78, 5) is 0. The molecule has 0 aromatic carbocycles. The van der Waals surface area contributed by atoms with E-state index in [1.54, 1.807) is 0 Å². The monoisotopic (exact) mass is 344 g/mol. The van der Waals surface area contributed by atoms with Crippen molar-refractivity contribution in [1.82, 2.24) is 0 Å². The Morgan fingerprint density at radius 1 is 0.789 bits per heavy atom. The molecule has 0 radical (unpaired) electrons. The van der Waals surface area contributed by atoms with E-state index in [-0.39, 0.29) is 0 Å². The maximum Gasteiger partial charge on any atom is 0.460 e. The van der Waals surface area contributed by atoms with E-state index >= 15 is 0 Å². The fourth-order valence-electron chi connectivity index (χ4n) is 0.936. The van der Waals surface area contributed by atoms with Gasteiger partial charge in [-0.15, -0.1) is 0 Å². The van der Waals surface area contributed by atoms with Crippen molar-refractivity contribution in [3.8, 4) is 0 Å². The van der Waals surface area contributed by atoms with Gasteiger partial charge < -0.3 is 0 Å². The van der Waals surface area contributed by atoms with Crippen LogP contribution in [0.4, 0.5) is 39.5 Å². The van der Waals surface area contributed by atoms with Gasteiger partial charge in [-0.05, 0) is 18.3 Å². The van der Waals surface area contributed by atoms with Crippen LogP contribution in [0.5, 0.6) is 0 Å². The van der Waals surface area contributed by atoms with Crippen molar-refractivity contribution in [2.75, 3.05) is 18.3 Å². The molecule has 0 atom stereocenters. The highest BCUT2D eigenvalue weighted by molar-refractivity contribution is 8.50. The summed E-state index contributed by atoms with van der Waals surface area (Å²) in [5, 5.41) is 0. The molecule has 0 amide bonds. The van der Waals surface area contributed by atoms with Crippen molar-refractivity contribution in [2.45, 2.75) is 30.4 Å². The van der Waals surface area contributed by atoms with Crippen molar-refractivity contribution >= 4 is 19.9 Å². The summed E-state index contributed by atoms with van der Waals surface area (Å²) in [5.41, 5.74) is 0. The van der Waals surface area contributed by atoms with Gasteiger partial charge in [0.1, 0.15) is 0 Å². The number of hydrogen-bond donors (Lipinski definition) is 0. The minimum absolute atomic E-state index is 0.787. The third-order valence-electron chi connectivity index (χ3n) is 2.11. The lowest BCUT2D eigenvalue weighted by molar-refractivity contribution is -0.396. The van der Waals surface area contributed by atoms with E-state index in [1.165, 1.54) is 12.5 Å². The zero-order valence-corrected chi connectivity index (χ0v) is 11.2. The van der Waals surface area contributed by atoms with Crippen LogP contribution in [-0.2, 0) is 0 Å². The molecule has 0 aromatic heterocycles. The number of rotatable bonds is 5. The lowest BCUT2D eigenvalue weighted by Gasteiger charge is -2.35. The Bertz CT molecular complexity index is 317. The number of halogens is 10. The Morgan fingerprint density at radius 3 is 1.42 bits per heavy atom. The summed E-state index contributed by atoms with van der Waals surface area (Å²) < 4.78 is 112. The van der Waals surface area contributed by atoms with Crippen molar-refractivity contribution in [1.29, 1.82) is 0 Å². The predicted molar refractivity (Wildman–Crippen MR) is 55.7 cm³/mol. The van der Waals surface area contributed by atoms with Gasteiger partial charge >= 0.3 is 23.9 Å². The Kier molecular flexibility index (Phi) is 5.09. The highest BCUT2D eigenvalue weighted by Crippen LogP contribution is 2.56. The molecule has 0 saturated carbocycles. The zero-order chi connectivity index (χ0) is 15.9. The lowest BCUT2D eigenvalue weighted by Crippen LogP contribution is -2.61. The molecule has 0 fully saturated rings. The second kappa shape index (κ2) is 5.09. The average Bonchev–Trinajstić information content (AvgIpc) is 2.11. The SMILES string of the molecule is CS(C)(Cl)CCC(F)(F)C(F)(F)C(F)(F)C(F)(F)F. The van der Waals surface area contributed by atoms with E-state index in [4.69, 9.17) is 10.7 Å². The Morgan fingerprint density at radius 2 is 1.16 bits per heavy atom. The van der Waals surface area contributed by atoms with E-state index in [2.05, 4.69) is 0 Å². The molecule has 0 aliphatic heterocycles. The molecule has 0 aliphatic carbocycles. The van der Waals surface area contributed by atoms with Crippen LogP contribution in [0.15, 0.2) is 0 Å². The van der Waals surface area contributed by atoms with Gasteiger partial charge in [0.25, 0.3) is 0 Å². The Labute approximate surface area is 109 Å². The van der Waals surface area contributed by atoms with Crippen molar-refractivity contribution < 1.29 is 39.5 Å². The standard InChI is InChI=1S/C8H10ClF9S/c1-19(2,9)4-3-5(10,11)6(12,13)7(14,15)8(16,17)18/h3-4H2,1-2H3. The third kappa shape index (κ3) is 3.99. The molecule has 0 unspecified atom stereocenters. The van der Waals surface area contributed by atoms with E-state index in [0.29, 0.717) is 0 Å². The lowest BCUT2D eigenvalue weighted by atomic mass is 10.0. The fraction of sp³-hybridized carbons (Fsp3) is 1.00. The van der Waals surface area contributed by atoms with Crippen LogP contribution in [0.2, 0.25) is 0 Å². The van der Waals surface area contributed by atoms with Crippen molar-refractivity contribution in [3.05, 3.63) is 0 Å². The van der Waals surface area contributed by atoms with Gasteiger partial charge in [0.05, 0.1) is 0 Å². The van der Waals surface area contributed by atoms with Crippen LogP contribution in [0.1, 0.15) is 6.42 Å². The first-order valence-corrected chi connectivity index (χ1v) is 8.01. The third-order valence-corrected chi connectivity index (χ3v) is 3.75. The maximum absolute atomic E-state index is 13.0. The van der Waals surface area contributed by atoms with Gasteiger partial charge in [-0.3, -0.25) is 0 Å². The predicted octanol–water partition coefficient (Wildman–Crippen LogP) is 5.06. The Balaban J connectivity index is 5.28. The first kappa shape index (κ1) is 19.0. The van der Waals surface area contributed by atoms with Crippen molar-refractivity contribution in [2.24, 2.45) is 0 Å². The van der Waals surface area contributed by atoms with Gasteiger partial charge in [-0.2, -0.15) is 48.8 Å². The average molecular weight is 345 g/mol. The van der Waals surface area contributed by atoms with Gasteiger partial charge in [-0.1, -0.05) is 10.7 Å². The first-order valence-electron chi connectivity index (χ1n) is 4.56. The summed E-state index contributed by atoms with van der Waals surface area (Å²) in [7, 11) is 3.22. The fourth-order valence-corrected chi connectivity index (χ4v) is 1.91. The molecule has 0 heterocycles. The number of hydrogen-bond acceptors (Lipinski definition) is 0. The van der Waals surface area contributed by atoms with E-state index < -0.39 is 45.4 Å². The molecule has 19 heavy (non-hydrogen) atoms. The normalized spacial score (nSPS) is 16.6. The highest BCUT2D eigenvalue weighted by atomic mass is 35.7. The Hall–Kier alpha value is 0.01000. The van der Waals surface area contributed by atoms with Crippen LogP contribution in [-0.4, -0.2) is 42.2 Å².